The minimum atomic E-state index is -0.210. The summed E-state index contributed by atoms with van der Waals surface area (Å²) in [6.07, 6.45) is 6.12. The molecule has 2 aliphatic rings. The number of hydrogen-bond acceptors (Lipinski definition) is 7. The van der Waals surface area contributed by atoms with Crippen LogP contribution in [0.3, 0.4) is 0 Å². The molecule has 0 amide bonds. The van der Waals surface area contributed by atoms with E-state index >= 15 is 4.39 Å². The second-order valence-electron chi connectivity index (χ2n) is 9.52. The van der Waals surface area contributed by atoms with E-state index in [0.717, 1.165) is 36.5 Å². The molecule has 2 saturated heterocycles. The van der Waals surface area contributed by atoms with Gasteiger partial charge in [0.15, 0.2) is 5.65 Å². The molecule has 0 spiro atoms. The monoisotopic (exact) mass is 526 g/mol. The summed E-state index contributed by atoms with van der Waals surface area (Å²) >= 11 is 0. The van der Waals surface area contributed by atoms with Crippen molar-refractivity contribution in [2.75, 3.05) is 20.1 Å². The van der Waals surface area contributed by atoms with E-state index in [9.17, 15) is 0 Å². The van der Waals surface area contributed by atoms with Crippen molar-refractivity contribution >= 4 is 38.2 Å². The van der Waals surface area contributed by atoms with Crippen LogP contribution in [0.4, 0.5) is 4.39 Å². The van der Waals surface area contributed by atoms with Gasteiger partial charge >= 0.3 is 0 Å². The lowest BCUT2D eigenvalue weighted by Crippen LogP contribution is -2.43. The summed E-state index contributed by atoms with van der Waals surface area (Å²) in [5, 5.41) is 0. The van der Waals surface area contributed by atoms with E-state index < -0.39 is 0 Å². The molecule has 2 unspecified atom stereocenters. The van der Waals surface area contributed by atoms with Crippen LogP contribution in [0.2, 0.25) is 0 Å². The van der Waals surface area contributed by atoms with Gasteiger partial charge in [-0.3, -0.25) is 4.90 Å². The van der Waals surface area contributed by atoms with Crippen LogP contribution in [0.1, 0.15) is 29.1 Å². The molecule has 3 aromatic heterocycles. The number of aryl methyl sites for hydroxylation is 2. The van der Waals surface area contributed by atoms with E-state index in [-0.39, 0.29) is 32.8 Å². The molecular weight excluding hydrogens is 495 g/mol. The van der Waals surface area contributed by atoms with Gasteiger partial charge in [-0.15, -0.1) is 0 Å². The molecule has 11 heteroatoms. The lowest BCUT2D eigenvalue weighted by atomic mass is 10.1. The summed E-state index contributed by atoms with van der Waals surface area (Å²) in [7, 11) is 2.19. The standard InChI is InChI=1S/C25H27FN8.2H2S/c1-15-23-25(30-16(2)29-15)34(24(31-23)19-8-27-14-28-9-19)11-18-5-4-17(6-22(18)26)10-33-13-20-7-21(33)12-32(20)3;;/h4-6,8-9,14,20-21H,7,10-13H2,1-3H3;2*1H2. The van der Waals surface area contributed by atoms with Crippen molar-refractivity contribution in [1.29, 1.82) is 0 Å². The first-order valence-electron chi connectivity index (χ1n) is 11.6. The number of rotatable bonds is 5. The SMILES string of the molecule is Cc1nc(C)c2nc(-c3cncnc3)n(Cc3ccc(CN4CC5CC4CN5C)cc3F)c2n1.S.S. The number of likely N-dealkylation sites (tertiary alicyclic amines) is 2. The number of fused-ring (bicyclic) bond motifs is 3. The smallest absolute Gasteiger partial charge is 0.164 e. The Bertz CT molecular complexity index is 1380. The number of likely N-dealkylation sites (N-methyl/N-ethyl adjacent to an activating group) is 1. The highest BCUT2D eigenvalue weighted by atomic mass is 32.1. The van der Waals surface area contributed by atoms with Crippen LogP contribution in [0.25, 0.3) is 22.6 Å². The molecule has 6 rings (SSSR count). The Hall–Kier alpha value is -2.60. The van der Waals surface area contributed by atoms with Gasteiger partial charge in [0, 0.05) is 49.7 Å². The van der Waals surface area contributed by atoms with Crippen molar-refractivity contribution in [3.8, 4) is 11.4 Å². The summed E-state index contributed by atoms with van der Waals surface area (Å²) in [6.45, 7) is 7.03. The second-order valence-corrected chi connectivity index (χ2v) is 9.52. The van der Waals surface area contributed by atoms with E-state index in [2.05, 4.69) is 36.8 Å². The fourth-order valence-electron chi connectivity index (χ4n) is 5.42. The number of nitrogens with zero attached hydrogens (tertiary/aromatic N) is 8. The maximum Gasteiger partial charge on any atom is 0.164 e. The van der Waals surface area contributed by atoms with Gasteiger partial charge in [-0.1, -0.05) is 12.1 Å². The number of piperazine rings is 1. The van der Waals surface area contributed by atoms with Crippen LogP contribution in [0.5, 0.6) is 0 Å². The molecule has 2 bridgehead atoms. The van der Waals surface area contributed by atoms with Crippen molar-refractivity contribution in [1.82, 2.24) is 39.3 Å². The van der Waals surface area contributed by atoms with Crippen LogP contribution in [-0.2, 0) is 13.1 Å². The molecule has 0 N–H and O–H groups in total. The first-order valence-corrected chi connectivity index (χ1v) is 11.6. The Kier molecular flexibility index (Phi) is 7.65. The van der Waals surface area contributed by atoms with Crippen molar-refractivity contribution in [2.45, 2.75) is 45.4 Å². The summed E-state index contributed by atoms with van der Waals surface area (Å²) < 4.78 is 17.3. The van der Waals surface area contributed by atoms with Crippen molar-refractivity contribution in [3.63, 3.8) is 0 Å². The van der Waals surface area contributed by atoms with Crippen LogP contribution in [0, 0.1) is 19.7 Å². The number of imidazole rings is 1. The second kappa shape index (κ2) is 10.4. The highest BCUT2D eigenvalue weighted by molar-refractivity contribution is 7.59. The fourth-order valence-corrected chi connectivity index (χ4v) is 5.42. The predicted octanol–water partition coefficient (Wildman–Crippen LogP) is 3.20. The fraction of sp³-hybridized carbons (Fsp3) is 0.400. The molecule has 190 valence electrons. The van der Waals surface area contributed by atoms with Crippen LogP contribution >= 0.6 is 27.0 Å². The molecular formula is C25H31FN8S2. The molecule has 4 aromatic rings. The summed E-state index contributed by atoms with van der Waals surface area (Å²) in [5.74, 6) is 1.10. The molecule has 0 saturated carbocycles. The zero-order valence-electron chi connectivity index (χ0n) is 20.6. The Morgan fingerprint density at radius 2 is 1.75 bits per heavy atom. The van der Waals surface area contributed by atoms with E-state index in [4.69, 9.17) is 4.98 Å². The third-order valence-electron chi connectivity index (χ3n) is 7.16. The van der Waals surface area contributed by atoms with Gasteiger partial charge in [-0.2, -0.15) is 27.0 Å². The molecule has 2 aliphatic heterocycles. The van der Waals surface area contributed by atoms with Gasteiger partial charge in [0.05, 0.1) is 17.8 Å². The van der Waals surface area contributed by atoms with Gasteiger partial charge in [-0.05, 0) is 38.9 Å². The molecule has 2 fully saturated rings. The average Bonchev–Trinajstić information content (AvgIpc) is 3.49. The quantitative estimate of drug-likeness (QED) is 0.395. The summed E-state index contributed by atoms with van der Waals surface area (Å²) in [6, 6.07) is 6.84. The number of benzene rings is 1. The number of hydrogen-bond donors (Lipinski definition) is 0. The normalized spacial score (nSPS) is 19.4. The number of halogens is 1. The highest BCUT2D eigenvalue weighted by Gasteiger charge is 2.41. The van der Waals surface area contributed by atoms with Crippen LogP contribution < -0.4 is 0 Å². The van der Waals surface area contributed by atoms with E-state index in [0.29, 0.717) is 47.0 Å². The van der Waals surface area contributed by atoms with Crippen LogP contribution in [0.15, 0.2) is 36.9 Å². The lowest BCUT2D eigenvalue weighted by Gasteiger charge is -2.31. The van der Waals surface area contributed by atoms with Gasteiger partial charge in [0.1, 0.15) is 29.3 Å². The van der Waals surface area contributed by atoms with Gasteiger partial charge < -0.3 is 9.47 Å². The van der Waals surface area contributed by atoms with Gasteiger partial charge in [0.25, 0.3) is 0 Å². The molecule has 8 nitrogen and oxygen atoms in total. The van der Waals surface area contributed by atoms with Gasteiger partial charge in [0.2, 0.25) is 0 Å². The average molecular weight is 527 g/mol. The van der Waals surface area contributed by atoms with Crippen molar-refractivity contribution < 1.29 is 4.39 Å². The first kappa shape index (κ1) is 26.5. The first-order chi connectivity index (χ1) is 16.5. The maximum absolute atomic E-state index is 15.3. The maximum atomic E-state index is 15.3. The third-order valence-corrected chi connectivity index (χ3v) is 7.16. The summed E-state index contributed by atoms with van der Waals surface area (Å²) in [5.41, 5.74) is 4.54. The molecule has 5 heterocycles. The lowest BCUT2D eigenvalue weighted by molar-refractivity contribution is 0.143. The van der Waals surface area contributed by atoms with Gasteiger partial charge in [-0.25, -0.2) is 29.3 Å². The van der Waals surface area contributed by atoms with E-state index in [1.54, 1.807) is 18.5 Å². The van der Waals surface area contributed by atoms with Crippen molar-refractivity contribution in [2.24, 2.45) is 0 Å². The molecule has 0 radical (unpaired) electrons. The van der Waals surface area contributed by atoms with Crippen molar-refractivity contribution in [3.05, 3.63) is 65.4 Å². The molecule has 2 atom stereocenters. The molecule has 36 heavy (non-hydrogen) atoms. The third kappa shape index (κ3) is 4.72. The number of aromatic nitrogens is 6. The minimum absolute atomic E-state index is 0. The largest absolute Gasteiger partial charge is 0.304 e. The van der Waals surface area contributed by atoms with E-state index in [1.165, 1.54) is 12.7 Å². The Morgan fingerprint density at radius 1 is 0.972 bits per heavy atom. The predicted molar refractivity (Wildman–Crippen MR) is 147 cm³/mol. The molecule has 0 aliphatic carbocycles. The topological polar surface area (TPSA) is 75.9 Å². The summed E-state index contributed by atoms with van der Waals surface area (Å²) in [4.78, 5) is 27.1. The zero-order chi connectivity index (χ0) is 23.4. The minimum Gasteiger partial charge on any atom is -0.304 e. The van der Waals surface area contributed by atoms with E-state index in [1.807, 2.05) is 30.5 Å². The molecule has 1 aromatic carbocycles. The Morgan fingerprint density at radius 3 is 2.42 bits per heavy atom. The van der Waals surface area contributed by atoms with Crippen LogP contribution in [-0.4, -0.2) is 71.5 Å². The Balaban J connectivity index is 0.00000152. The zero-order valence-corrected chi connectivity index (χ0v) is 22.6. The Labute approximate surface area is 223 Å². The highest BCUT2D eigenvalue weighted by Crippen LogP contribution is 2.31.